The predicted octanol–water partition coefficient (Wildman–Crippen LogP) is 6.55. The summed E-state index contributed by atoms with van der Waals surface area (Å²) < 4.78 is 14.0. The summed E-state index contributed by atoms with van der Waals surface area (Å²) in [5.74, 6) is 0.0156. The molecule has 218 valence electrons. The highest BCUT2D eigenvalue weighted by Crippen LogP contribution is 2.41. The van der Waals surface area contributed by atoms with Gasteiger partial charge in [-0.2, -0.15) is 0 Å². The van der Waals surface area contributed by atoms with Crippen LogP contribution in [0.4, 0.5) is 4.39 Å². The van der Waals surface area contributed by atoms with E-state index in [0.29, 0.717) is 24.7 Å². The first-order chi connectivity index (χ1) is 18.1. The van der Waals surface area contributed by atoms with Gasteiger partial charge in [-0.15, -0.1) is 0 Å². The first-order valence-corrected chi connectivity index (χ1v) is 15.2. The lowest BCUT2D eigenvalue weighted by Gasteiger charge is -2.45. The molecule has 2 heterocycles. The third-order valence-corrected chi connectivity index (χ3v) is 9.85. The second kappa shape index (κ2) is 11.3. The van der Waals surface area contributed by atoms with Crippen LogP contribution in [0.15, 0.2) is 24.3 Å². The van der Waals surface area contributed by atoms with Gasteiger partial charge in [0, 0.05) is 48.7 Å². The van der Waals surface area contributed by atoms with E-state index in [1.807, 2.05) is 21.9 Å². The summed E-state index contributed by atoms with van der Waals surface area (Å²) in [6.07, 6.45) is 4.74. The minimum atomic E-state index is -1.05. The van der Waals surface area contributed by atoms with Gasteiger partial charge in [-0.1, -0.05) is 37.6 Å². The van der Waals surface area contributed by atoms with Gasteiger partial charge in [0.1, 0.15) is 6.67 Å². The standard InChI is InChI=1S/C32H49ClFN3O2/c1-30(2,3)36-19-26(22-8-10-23(33)11-9-22)27(20-36)28(38)35-17-14-25(18-35)37(29(39)32(6,7)21-34)24-12-15-31(4,5)16-13-24/h8-11,24-27H,12-21H2,1-7H3/t25-,26+,27?/m0/s1. The number of carbonyl (C=O) groups is 2. The molecule has 2 aliphatic heterocycles. The van der Waals surface area contributed by atoms with Crippen LogP contribution in [0.3, 0.4) is 0 Å². The molecular formula is C32H49ClFN3O2. The Hall–Kier alpha value is -1.66. The maximum Gasteiger partial charge on any atom is 0.231 e. The van der Waals surface area contributed by atoms with Gasteiger partial charge in [0.2, 0.25) is 11.8 Å². The van der Waals surface area contributed by atoms with E-state index in [-0.39, 0.29) is 46.7 Å². The summed E-state index contributed by atoms with van der Waals surface area (Å²) in [6, 6.07) is 7.97. The lowest BCUT2D eigenvalue weighted by Crippen LogP contribution is -2.55. The van der Waals surface area contributed by atoms with Crippen molar-refractivity contribution in [1.82, 2.24) is 14.7 Å². The van der Waals surface area contributed by atoms with Crippen LogP contribution >= 0.6 is 11.6 Å². The van der Waals surface area contributed by atoms with E-state index in [0.717, 1.165) is 44.2 Å². The number of likely N-dealkylation sites (tertiary alicyclic amines) is 2. The summed E-state index contributed by atoms with van der Waals surface area (Å²) in [6.45, 7) is 16.6. The number of alkyl halides is 1. The van der Waals surface area contributed by atoms with Crippen LogP contribution in [-0.2, 0) is 9.59 Å². The fraction of sp³-hybridized carbons (Fsp3) is 0.750. The van der Waals surface area contributed by atoms with E-state index in [4.69, 9.17) is 11.6 Å². The van der Waals surface area contributed by atoms with E-state index < -0.39 is 12.1 Å². The summed E-state index contributed by atoms with van der Waals surface area (Å²) in [5.41, 5.74) is 0.328. The fourth-order valence-electron chi connectivity index (χ4n) is 6.75. The smallest absolute Gasteiger partial charge is 0.231 e. The molecule has 1 unspecified atom stereocenters. The first kappa shape index (κ1) is 30.3. The molecule has 3 atom stereocenters. The Kier molecular flexibility index (Phi) is 8.79. The SMILES string of the molecule is CC1(C)CCC(N(C(=O)C(C)(C)CF)[C@H]2CCN(C(=O)C3CN(C(C)(C)C)C[C@@H]3c3ccc(Cl)cc3)C2)CC1. The van der Waals surface area contributed by atoms with Gasteiger partial charge in [0.05, 0.1) is 17.4 Å². The van der Waals surface area contributed by atoms with Crippen LogP contribution in [-0.4, -0.2) is 77.0 Å². The molecule has 0 N–H and O–H groups in total. The van der Waals surface area contributed by atoms with E-state index in [2.05, 4.69) is 51.7 Å². The van der Waals surface area contributed by atoms with E-state index in [1.165, 1.54) is 0 Å². The summed E-state index contributed by atoms with van der Waals surface area (Å²) in [5, 5.41) is 0.696. The van der Waals surface area contributed by atoms with Crippen molar-refractivity contribution in [2.45, 2.75) is 104 Å². The second-order valence-corrected chi connectivity index (χ2v) is 15.1. The topological polar surface area (TPSA) is 43.9 Å². The molecule has 3 aliphatic rings. The molecule has 0 radical (unpaired) electrons. The highest BCUT2D eigenvalue weighted by molar-refractivity contribution is 6.30. The van der Waals surface area contributed by atoms with Gasteiger partial charge in [-0.3, -0.25) is 14.5 Å². The molecule has 5 nitrogen and oxygen atoms in total. The molecule has 1 aliphatic carbocycles. The Morgan fingerprint density at radius 2 is 1.59 bits per heavy atom. The van der Waals surface area contributed by atoms with Crippen molar-refractivity contribution in [1.29, 1.82) is 0 Å². The van der Waals surface area contributed by atoms with Crippen molar-refractivity contribution >= 4 is 23.4 Å². The normalized spacial score (nSPS) is 26.7. The van der Waals surface area contributed by atoms with Crippen molar-refractivity contribution < 1.29 is 14.0 Å². The molecule has 2 amide bonds. The van der Waals surface area contributed by atoms with Gasteiger partial charge >= 0.3 is 0 Å². The van der Waals surface area contributed by atoms with Crippen molar-refractivity contribution in [3.8, 4) is 0 Å². The third-order valence-electron chi connectivity index (χ3n) is 9.60. The van der Waals surface area contributed by atoms with Gasteiger partial charge in [-0.05, 0) is 89.8 Å². The van der Waals surface area contributed by atoms with Crippen molar-refractivity contribution in [3.05, 3.63) is 34.9 Å². The number of rotatable bonds is 6. The number of hydrogen-bond acceptors (Lipinski definition) is 3. The molecule has 1 saturated carbocycles. The molecule has 1 aromatic carbocycles. The minimum absolute atomic E-state index is 0.0385. The zero-order valence-electron chi connectivity index (χ0n) is 25.1. The van der Waals surface area contributed by atoms with Crippen LogP contribution in [0.25, 0.3) is 0 Å². The molecule has 0 spiro atoms. The number of hydrogen-bond donors (Lipinski definition) is 0. The molecule has 0 aromatic heterocycles. The van der Waals surface area contributed by atoms with Crippen LogP contribution < -0.4 is 0 Å². The van der Waals surface area contributed by atoms with E-state index in [9.17, 15) is 14.0 Å². The molecule has 7 heteroatoms. The number of amides is 2. The fourth-order valence-corrected chi connectivity index (χ4v) is 6.88. The summed E-state index contributed by atoms with van der Waals surface area (Å²) in [7, 11) is 0. The maximum atomic E-state index is 14.1. The van der Waals surface area contributed by atoms with Crippen molar-refractivity contribution in [2.24, 2.45) is 16.7 Å². The van der Waals surface area contributed by atoms with Crippen molar-refractivity contribution in [3.63, 3.8) is 0 Å². The van der Waals surface area contributed by atoms with Gasteiger partial charge in [-0.25, -0.2) is 4.39 Å². The Balaban J connectivity index is 1.54. The van der Waals surface area contributed by atoms with Gasteiger partial charge in [0.25, 0.3) is 0 Å². The van der Waals surface area contributed by atoms with Crippen LogP contribution in [0.1, 0.15) is 92.1 Å². The highest BCUT2D eigenvalue weighted by Gasteiger charge is 2.47. The summed E-state index contributed by atoms with van der Waals surface area (Å²) in [4.78, 5) is 34.3. The lowest BCUT2D eigenvalue weighted by atomic mass is 9.74. The quantitative estimate of drug-likeness (QED) is 0.396. The minimum Gasteiger partial charge on any atom is -0.340 e. The number of benzene rings is 1. The Bertz CT molecular complexity index is 1020. The number of carbonyl (C=O) groups excluding carboxylic acids is 2. The third kappa shape index (κ3) is 6.64. The van der Waals surface area contributed by atoms with Crippen LogP contribution in [0.2, 0.25) is 5.02 Å². The Morgan fingerprint density at radius 1 is 0.974 bits per heavy atom. The number of halogens is 2. The van der Waals surface area contributed by atoms with Gasteiger partial charge < -0.3 is 9.80 Å². The van der Waals surface area contributed by atoms with E-state index >= 15 is 0 Å². The molecule has 4 rings (SSSR count). The Morgan fingerprint density at radius 3 is 2.15 bits per heavy atom. The first-order valence-electron chi connectivity index (χ1n) is 14.8. The average molecular weight is 562 g/mol. The largest absolute Gasteiger partial charge is 0.340 e. The Labute approximate surface area is 240 Å². The van der Waals surface area contributed by atoms with Crippen molar-refractivity contribution in [2.75, 3.05) is 32.9 Å². The van der Waals surface area contributed by atoms with E-state index in [1.54, 1.807) is 13.8 Å². The molecule has 1 aromatic rings. The zero-order valence-corrected chi connectivity index (χ0v) is 25.9. The molecule has 2 saturated heterocycles. The highest BCUT2D eigenvalue weighted by atomic mass is 35.5. The maximum absolute atomic E-state index is 14.1. The summed E-state index contributed by atoms with van der Waals surface area (Å²) >= 11 is 6.17. The zero-order chi connectivity index (χ0) is 28.8. The van der Waals surface area contributed by atoms with Crippen LogP contribution in [0.5, 0.6) is 0 Å². The lowest BCUT2D eigenvalue weighted by molar-refractivity contribution is -0.148. The molecular weight excluding hydrogens is 513 g/mol. The molecule has 0 bridgehead atoms. The predicted molar refractivity (Wildman–Crippen MR) is 157 cm³/mol. The van der Waals surface area contributed by atoms with Crippen LogP contribution in [0, 0.1) is 16.7 Å². The second-order valence-electron chi connectivity index (χ2n) is 14.7. The molecule has 39 heavy (non-hydrogen) atoms. The van der Waals surface area contributed by atoms with Gasteiger partial charge in [0.15, 0.2) is 0 Å². The average Bonchev–Trinajstić information content (AvgIpc) is 3.53. The molecule has 3 fully saturated rings. The number of nitrogens with zero attached hydrogens (tertiary/aromatic N) is 3. The monoisotopic (exact) mass is 561 g/mol.